The van der Waals surface area contributed by atoms with E-state index in [1.165, 1.54) is 6.20 Å². The Morgan fingerprint density at radius 1 is 1.09 bits per heavy atom. The van der Waals surface area contributed by atoms with E-state index in [0.717, 1.165) is 6.07 Å². The third-order valence-corrected chi connectivity index (χ3v) is 3.77. The summed E-state index contributed by atoms with van der Waals surface area (Å²) >= 11 is 0. The lowest BCUT2D eigenvalue weighted by Gasteiger charge is -2.32. The second-order valence-corrected chi connectivity index (χ2v) is 5.79. The highest BCUT2D eigenvalue weighted by Crippen LogP contribution is 2.37. The highest BCUT2D eigenvalue weighted by atomic mass is 19.4. The zero-order valence-electron chi connectivity index (χ0n) is 13.7. The number of rotatable bonds is 1. The van der Waals surface area contributed by atoms with Crippen LogP contribution < -0.4 is 11.2 Å². The molecular formula is C14H22BF3N2O2. The number of aromatic nitrogens is 1. The molecule has 4 nitrogen and oxygen atoms in total. The molecule has 22 heavy (non-hydrogen) atoms. The SMILES string of the molecule is CC.CC1(C)OB(c2cnc(N)c(C(F)(F)F)c2)OC1(C)C. The van der Waals surface area contributed by atoms with Gasteiger partial charge in [-0.25, -0.2) is 4.98 Å². The van der Waals surface area contributed by atoms with Gasteiger partial charge in [0.05, 0.1) is 16.8 Å². The van der Waals surface area contributed by atoms with Crippen LogP contribution in [-0.2, 0) is 15.5 Å². The Morgan fingerprint density at radius 2 is 1.55 bits per heavy atom. The number of hydrogen-bond donors (Lipinski definition) is 1. The first kappa shape index (κ1) is 18.8. The maximum atomic E-state index is 12.8. The van der Waals surface area contributed by atoms with Gasteiger partial charge in [0.1, 0.15) is 5.82 Å². The molecule has 124 valence electrons. The van der Waals surface area contributed by atoms with Crippen molar-refractivity contribution in [3.63, 3.8) is 0 Å². The molecule has 1 aliphatic heterocycles. The molecule has 0 unspecified atom stereocenters. The second kappa shape index (κ2) is 6.08. The van der Waals surface area contributed by atoms with E-state index in [9.17, 15) is 13.2 Å². The average molecular weight is 318 g/mol. The Labute approximate surface area is 129 Å². The normalized spacial score (nSPS) is 19.6. The monoisotopic (exact) mass is 318 g/mol. The van der Waals surface area contributed by atoms with E-state index in [2.05, 4.69) is 4.98 Å². The summed E-state index contributed by atoms with van der Waals surface area (Å²) in [6.45, 7) is 11.3. The molecule has 1 aromatic rings. The maximum Gasteiger partial charge on any atom is 0.496 e. The molecule has 1 aliphatic rings. The van der Waals surface area contributed by atoms with E-state index in [0.29, 0.717) is 0 Å². The van der Waals surface area contributed by atoms with Crippen LogP contribution in [0.25, 0.3) is 0 Å². The van der Waals surface area contributed by atoms with Crippen molar-refractivity contribution >= 4 is 18.4 Å². The van der Waals surface area contributed by atoms with Crippen molar-refractivity contribution in [2.24, 2.45) is 0 Å². The quantitative estimate of drug-likeness (QED) is 0.809. The molecule has 1 aromatic heterocycles. The maximum absolute atomic E-state index is 12.8. The van der Waals surface area contributed by atoms with Gasteiger partial charge in [0.2, 0.25) is 0 Å². The van der Waals surface area contributed by atoms with E-state index in [-0.39, 0.29) is 5.46 Å². The van der Waals surface area contributed by atoms with Crippen molar-refractivity contribution < 1.29 is 22.5 Å². The van der Waals surface area contributed by atoms with Crippen molar-refractivity contribution in [1.82, 2.24) is 4.98 Å². The molecule has 0 aromatic carbocycles. The molecule has 0 radical (unpaired) electrons. The van der Waals surface area contributed by atoms with Gasteiger partial charge >= 0.3 is 13.3 Å². The molecule has 0 saturated carbocycles. The summed E-state index contributed by atoms with van der Waals surface area (Å²) in [5.74, 6) is -0.558. The van der Waals surface area contributed by atoms with Crippen LogP contribution in [0, 0.1) is 0 Å². The molecule has 1 fully saturated rings. The van der Waals surface area contributed by atoms with E-state index < -0.39 is 35.9 Å². The van der Waals surface area contributed by atoms with Crippen molar-refractivity contribution in [2.75, 3.05) is 5.73 Å². The number of pyridine rings is 1. The Bertz CT molecular complexity index is 517. The van der Waals surface area contributed by atoms with Gasteiger partial charge in [-0.05, 0) is 33.8 Å². The van der Waals surface area contributed by atoms with E-state index in [1.807, 2.05) is 41.5 Å². The lowest BCUT2D eigenvalue weighted by atomic mass is 9.79. The summed E-state index contributed by atoms with van der Waals surface area (Å²) in [6, 6.07) is 0.921. The fraction of sp³-hybridized carbons (Fsp3) is 0.643. The first-order valence-electron chi connectivity index (χ1n) is 7.12. The zero-order valence-corrected chi connectivity index (χ0v) is 13.7. The van der Waals surface area contributed by atoms with Crippen molar-refractivity contribution in [3.05, 3.63) is 17.8 Å². The molecule has 0 aliphatic carbocycles. The number of anilines is 1. The van der Waals surface area contributed by atoms with Gasteiger partial charge < -0.3 is 15.0 Å². The first-order chi connectivity index (χ1) is 9.94. The largest absolute Gasteiger partial charge is 0.496 e. The highest BCUT2D eigenvalue weighted by Gasteiger charge is 2.52. The minimum absolute atomic E-state index is 0.199. The number of hydrogen-bond acceptors (Lipinski definition) is 4. The summed E-state index contributed by atoms with van der Waals surface area (Å²) in [6.07, 6.45) is -3.32. The van der Waals surface area contributed by atoms with E-state index >= 15 is 0 Å². The molecule has 0 bridgehead atoms. The topological polar surface area (TPSA) is 57.4 Å². The fourth-order valence-electron chi connectivity index (χ4n) is 1.83. The third-order valence-electron chi connectivity index (χ3n) is 3.77. The molecule has 2 N–H and O–H groups in total. The van der Waals surface area contributed by atoms with Gasteiger partial charge in [-0.2, -0.15) is 13.2 Å². The van der Waals surface area contributed by atoms with E-state index in [1.54, 1.807) is 0 Å². The molecule has 0 spiro atoms. The summed E-state index contributed by atoms with van der Waals surface area (Å²) in [7, 11) is -0.894. The standard InChI is InChI=1S/C12H16BF3N2O2.C2H6/c1-10(2)11(3,4)20-13(19-10)7-5-8(12(14,15)16)9(17)18-6-7;1-2/h5-6H,1-4H3,(H2,17,18);1-2H3. The zero-order chi connectivity index (χ0) is 17.3. The van der Waals surface area contributed by atoms with Crippen molar-refractivity contribution in [3.8, 4) is 0 Å². The fourth-order valence-corrected chi connectivity index (χ4v) is 1.83. The predicted molar refractivity (Wildman–Crippen MR) is 80.7 cm³/mol. The van der Waals surface area contributed by atoms with Gasteiger partial charge in [0.25, 0.3) is 0 Å². The van der Waals surface area contributed by atoms with Gasteiger partial charge in [0, 0.05) is 11.7 Å². The lowest BCUT2D eigenvalue weighted by molar-refractivity contribution is -0.137. The number of halogens is 3. The van der Waals surface area contributed by atoms with Gasteiger partial charge in [-0.1, -0.05) is 13.8 Å². The van der Waals surface area contributed by atoms with Crippen LogP contribution in [0.4, 0.5) is 19.0 Å². The summed E-state index contributed by atoms with van der Waals surface area (Å²) < 4.78 is 49.8. The highest BCUT2D eigenvalue weighted by molar-refractivity contribution is 6.62. The second-order valence-electron chi connectivity index (χ2n) is 5.79. The van der Waals surface area contributed by atoms with E-state index in [4.69, 9.17) is 15.0 Å². The smallest absolute Gasteiger partial charge is 0.399 e. The number of nitrogens with two attached hydrogens (primary N) is 1. The minimum Gasteiger partial charge on any atom is -0.399 e. The van der Waals surface area contributed by atoms with Gasteiger partial charge in [0.15, 0.2) is 0 Å². The first-order valence-corrected chi connectivity index (χ1v) is 7.12. The minimum atomic E-state index is -4.56. The summed E-state index contributed by atoms with van der Waals surface area (Å²) in [5.41, 5.74) is 3.23. The van der Waals surface area contributed by atoms with Gasteiger partial charge in [-0.3, -0.25) is 0 Å². The van der Waals surface area contributed by atoms with Crippen molar-refractivity contribution in [2.45, 2.75) is 58.9 Å². The average Bonchev–Trinajstić information content (AvgIpc) is 2.60. The van der Waals surface area contributed by atoms with Crippen LogP contribution in [0.3, 0.4) is 0 Å². The molecule has 8 heteroatoms. The number of nitrogen functional groups attached to an aromatic ring is 1. The summed E-state index contributed by atoms with van der Waals surface area (Å²) in [5, 5.41) is 0. The Balaban J connectivity index is 0.00000116. The molecule has 2 heterocycles. The van der Waals surface area contributed by atoms with Crippen LogP contribution in [-0.4, -0.2) is 23.3 Å². The molecule has 0 amide bonds. The van der Waals surface area contributed by atoms with Crippen LogP contribution >= 0.6 is 0 Å². The summed E-state index contributed by atoms with van der Waals surface area (Å²) in [4.78, 5) is 3.58. The van der Waals surface area contributed by atoms with Crippen molar-refractivity contribution in [1.29, 1.82) is 0 Å². The van der Waals surface area contributed by atoms with Gasteiger partial charge in [-0.15, -0.1) is 0 Å². The van der Waals surface area contributed by atoms with Crippen LogP contribution in [0.1, 0.15) is 47.1 Å². The molecule has 0 atom stereocenters. The predicted octanol–water partition coefficient (Wildman–Crippen LogP) is 3.01. The molecular weight excluding hydrogens is 296 g/mol. The van der Waals surface area contributed by atoms with Crippen LogP contribution in [0.5, 0.6) is 0 Å². The number of nitrogens with zero attached hydrogens (tertiary/aromatic N) is 1. The van der Waals surface area contributed by atoms with Crippen LogP contribution in [0.15, 0.2) is 12.3 Å². The Hall–Kier alpha value is -1.28. The Morgan fingerprint density at radius 3 is 1.95 bits per heavy atom. The molecule has 2 rings (SSSR count). The molecule has 1 saturated heterocycles. The number of alkyl halides is 3. The lowest BCUT2D eigenvalue weighted by Crippen LogP contribution is -2.41. The Kier molecular flexibility index (Phi) is 5.19. The third kappa shape index (κ3) is 3.55. The van der Waals surface area contributed by atoms with Crippen LogP contribution in [0.2, 0.25) is 0 Å².